The van der Waals surface area contributed by atoms with E-state index >= 15 is 0 Å². The highest BCUT2D eigenvalue weighted by Gasteiger charge is 2.15. The van der Waals surface area contributed by atoms with Gasteiger partial charge in [-0.15, -0.1) is 11.3 Å². The van der Waals surface area contributed by atoms with Crippen LogP contribution in [0.15, 0.2) is 66.0 Å². The fourth-order valence-electron chi connectivity index (χ4n) is 2.93. The van der Waals surface area contributed by atoms with Gasteiger partial charge >= 0.3 is 0 Å². The number of hydrogen-bond donors (Lipinski definition) is 1. The number of aromatic nitrogens is 1. The summed E-state index contributed by atoms with van der Waals surface area (Å²) >= 11 is 7.39. The molecule has 1 N–H and O–H groups in total. The lowest BCUT2D eigenvalue weighted by Crippen LogP contribution is -2.13. The van der Waals surface area contributed by atoms with Crippen molar-refractivity contribution in [3.05, 3.63) is 76.6 Å². The lowest BCUT2D eigenvalue weighted by atomic mass is 10.0. The summed E-state index contributed by atoms with van der Waals surface area (Å²) in [5.74, 6) is 0.149. The predicted molar refractivity (Wildman–Crippen MR) is 111 cm³/mol. The largest absolute Gasteiger partial charge is 0.496 e. The molecule has 6 heteroatoms. The molecule has 4 aromatic rings. The lowest BCUT2D eigenvalue weighted by Gasteiger charge is -2.08. The molecular weight excluding hydrogens is 380 g/mol. The third-order valence-electron chi connectivity index (χ3n) is 4.20. The lowest BCUT2D eigenvalue weighted by molar-refractivity contribution is 0.102. The van der Waals surface area contributed by atoms with Gasteiger partial charge in [0.1, 0.15) is 5.75 Å². The number of rotatable bonds is 4. The van der Waals surface area contributed by atoms with E-state index in [4.69, 9.17) is 16.3 Å². The molecule has 0 fully saturated rings. The molecule has 3 aromatic carbocycles. The van der Waals surface area contributed by atoms with Crippen molar-refractivity contribution in [3.63, 3.8) is 0 Å². The Hall–Kier alpha value is -2.89. The van der Waals surface area contributed by atoms with Gasteiger partial charge in [0.25, 0.3) is 5.91 Å². The van der Waals surface area contributed by atoms with E-state index in [-0.39, 0.29) is 5.91 Å². The van der Waals surface area contributed by atoms with E-state index in [0.29, 0.717) is 21.5 Å². The minimum atomic E-state index is -0.312. The van der Waals surface area contributed by atoms with Crippen molar-refractivity contribution in [2.45, 2.75) is 0 Å². The number of thiazole rings is 1. The molecule has 4 nitrogen and oxygen atoms in total. The van der Waals surface area contributed by atoms with Crippen LogP contribution in [0.4, 0.5) is 5.13 Å². The molecule has 0 saturated carbocycles. The number of carbonyl (C=O) groups is 1. The summed E-state index contributed by atoms with van der Waals surface area (Å²) < 4.78 is 5.25. The van der Waals surface area contributed by atoms with Crippen LogP contribution in [0, 0.1) is 0 Å². The second kappa shape index (κ2) is 7.39. The van der Waals surface area contributed by atoms with Crippen LogP contribution in [0.2, 0.25) is 5.02 Å². The van der Waals surface area contributed by atoms with Crippen molar-refractivity contribution in [1.29, 1.82) is 0 Å². The fourth-order valence-corrected chi connectivity index (χ4v) is 3.80. The van der Waals surface area contributed by atoms with E-state index in [9.17, 15) is 4.79 Å². The highest BCUT2D eigenvalue weighted by Crippen LogP contribution is 2.31. The molecule has 4 rings (SSSR count). The van der Waals surface area contributed by atoms with Crippen LogP contribution in [0.1, 0.15) is 10.4 Å². The third-order valence-corrected chi connectivity index (χ3v) is 5.19. The first-order valence-electron chi connectivity index (χ1n) is 8.24. The maximum absolute atomic E-state index is 12.6. The van der Waals surface area contributed by atoms with E-state index in [0.717, 1.165) is 22.0 Å². The van der Waals surface area contributed by atoms with E-state index in [1.54, 1.807) is 18.2 Å². The number of carbonyl (C=O) groups excluding carboxylic acids is 1. The maximum Gasteiger partial charge on any atom is 0.261 e. The molecule has 0 saturated heterocycles. The molecular formula is C21H15ClN2O2S. The van der Waals surface area contributed by atoms with Crippen LogP contribution >= 0.6 is 22.9 Å². The highest BCUT2D eigenvalue weighted by atomic mass is 35.5. The quantitative estimate of drug-likeness (QED) is 0.470. The number of amides is 1. The van der Waals surface area contributed by atoms with E-state index < -0.39 is 0 Å². The second-order valence-electron chi connectivity index (χ2n) is 5.86. The van der Waals surface area contributed by atoms with Crippen molar-refractivity contribution in [2.75, 3.05) is 12.4 Å². The van der Waals surface area contributed by atoms with Gasteiger partial charge in [-0.3, -0.25) is 10.1 Å². The number of fused-ring (bicyclic) bond motifs is 1. The van der Waals surface area contributed by atoms with Crippen molar-refractivity contribution in [2.24, 2.45) is 0 Å². The van der Waals surface area contributed by atoms with Gasteiger partial charge in [-0.25, -0.2) is 4.98 Å². The number of hydrogen-bond acceptors (Lipinski definition) is 4. The topological polar surface area (TPSA) is 51.2 Å². The van der Waals surface area contributed by atoms with Gasteiger partial charge < -0.3 is 4.74 Å². The molecule has 0 aliphatic carbocycles. The minimum Gasteiger partial charge on any atom is -0.496 e. The Kier molecular flexibility index (Phi) is 4.79. The number of methoxy groups -OCH3 is 1. The van der Waals surface area contributed by atoms with Gasteiger partial charge in [0, 0.05) is 16.0 Å². The number of ether oxygens (including phenoxy) is 1. The predicted octanol–water partition coefficient (Wildman–Crippen LogP) is 5.88. The normalized spacial score (nSPS) is 10.7. The second-order valence-corrected chi connectivity index (χ2v) is 7.16. The zero-order chi connectivity index (χ0) is 18.8. The molecule has 0 aliphatic heterocycles. The van der Waals surface area contributed by atoms with E-state index in [1.165, 1.54) is 18.4 Å². The number of nitrogens with one attached hydrogen (secondary N) is 1. The Balaban J connectivity index is 1.64. The minimum absolute atomic E-state index is 0.312. The third kappa shape index (κ3) is 3.52. The molecule has 0 atom stereocenters. The SMILES string of the molecule is COc1ccc(Cl)cc1C(=O)Nc1nc(-c2cccc3ccccc23)cs1. The zero-order valence-electron chi connectivity index (χ0n) is 14.4. The van der Waals surface area contributed by atoms with Crippen molar-refractivity contribution < 1.29 is 9.53 Å². The first kappa shape index (κ1) is 17.5. The van der Waals surface area contributed by atoms with E-state index in [1.807, 2.05) is 29.6 Å². The van der Waals surface area contributed by atoms with Gasteiger partial charge in [0.2, 0.25) is 0 Å². The number of benzene rings is 3. The molecule has 1 heterocycles. The Morgan fingerprint density at radius 3 is 2.78 bits per heavy atom. The van der Waals surface area contributed by atoms with Crippen molar-refractivity contribution in [3.8, 4) is 17.0 Å². The number of halogens is 1. The van der Waals surface area contributed by atoms with Crippen molar-refractivity contribution in [1.82, 2.24) is 4.98 Å². The summed E-state index contributed by atoms with van der Waals surface area (Å²) in [6, 6.07) is 19.2. The maximum atomic E-state index is 12.6. The Bertz CT molecular complexity index is 1130. The van der Waals surface area contributed by atoms with Gasteiger partial charge in [0.05, 0.1) is 18.4 Å². The Morgan fingerprint density at radius 1 is 1.11 bits per heavy atom. The summed E-state index contributed by atoms with van der Waals surface area (Å²) in [7, 11) is 1.52. The summed E-state index contributed by atoms with van der Waals surface area (Å²) in [6.45, 7) is 0. The fraction of sp³-hybridized carbons (Fsp3) is 0.0476. The summed E-state index contributed by atoms with van der Waals surface area (Å²) in [5.41, 5.74) is 2.22. The van der Waals surface area contributed by atoms with Crippen LogP contribution in [-0.2, 0) is 0 Å². The monoisotopic (exact) mass is 394 g/mol. The van der Waals surface area contributed by atoms with Gasteiger partial charge in [-0.05, 0) is 29.0 Å². The number of nitrogens with zero attached hydrogens (tertiary/aromatic N) is 1. The summed E-state index contributed by atoms with van der Waals surface area (Å²) in [4.78, 5) is 17.2. The Morgan fingerprint density at radius 2 is 1.93 bits per heavy atom. The van der Waals surface area contributed by atoms with Crippen molar-refractivity contribution >= 4 is 44.7 Å². The average Bonchev–Trinajstić information content (AvgIpc) is 3.15. The number of anilines is 1. The molecule has 0 radical (unpaired) electrons. The zero-order valence-corrected chi connectivity index (χ0v) is 16.0. The standard InChI is InChI=1S/C21H15ClN2O2S/c1-26-19-10-9-14(22)11-17(19)20(25)24-21-23-18(12-27-21)16-8-4-6-13-5-2-3-7-15(13)16/h2-12H,1H3,(H,23,24,25). The molecule has 134 valence electrons. The van der Waals surface area contributed by atoms with E-state index in [2.05, 4.69) is 28.5 Å². The molecule has 0 aliphatic rings. The van der Waals surface area contributed by atoms with Gasteiger partial charge in [0.15, 0.2) is 5.13 Å². The Labute approximate surface area is 165 Å². The van der Waals surface area contributed by atoms with Crippen LogP contribution in [0.25, 0.3) is 22.0 Å². The van der Waals surface area contributed by atoms with Gasteiger partial charge in [-0.2, -0.15) is 0 Å². The average molecular weight is 395 g/mol. The first-order valence-corrected chi connectivity index (χ1v) is 9.50. The molecule has 0 bridgehead atoms. The summed E-state index contributed by atoms with van der Waals surface area (Å²) in [5, 5.41) is 8.03. The van der Waals surface area contributed by atoms with Crippen LogP contribution in [-0.4, -0.2) is 18.0 Å². The molecule has 0 unspecified atom stereocenters. The van der Waals surface area contributed by atoms with Crippen LogP contribution < -0.4 is 10.1 Å². The molecule has 27 heavy (non-hydrogen) atoms. The van der Waals surface area contributed by atoms with Crippen LogP contribution in [0.3, 0.4) is 0 Å². The highest BCUT2D eigenvalue weighted by molar-refractivity contribution is 7.14. The first-order chi connectivity index (χ1) is 13.2. The van der Waals surface area contributed by atoms with Gasteiger partial charge in [-0.1, -0.05) is 54.1 Å². The molecule has 1 amide bonds. The molecule has 0 spiro atoms. The smallest absolute Gasteiger partial charge is 0.261 e. The molecule has 1 aromatic heterocycles. The van der Waals surface area contributed by atoms with Crippen LogP contribution in [0.5, 0.6) is 5.75 Å². The summed E-state index contributed by atoms with van der Waals surface area (Å²) in [6.07, 6.45) is 0.